The molecule has 0 aromatic rings. The molecule has 0 aliphatic rings. The van der Waals surface area contributed by atoms with Crippen LogP contribution in [-0.2, 0) is 28.4 Å². The Morgan fingerprint density at radius 2 is 0.781 bits per heavy atom. The maximum absolute atomic E-state index is 5.53. The Hall–Kier alpha value is 2.17. The Balaban J connectivity index is -0.000000710. The van der Waals surface area contributed by atoms with Crippen molar-refractivity contribution in [2.45, 2.75) is 39.3 Å². The zero-order chi connectivity index (χ0) is 24.0. The molecule has 0 aliphatic heterocycles. The van der Waals surface area contributed by atoms with Crippen LogP contribution in [0.5, 0.6) is 0 Å². The zero-order valence-corrected chi connectivity index (χ0v) is 31.2. The van der Waals surface area contributed by atoms with Crippen LogP contribution in [-0.4, -0.2) is 117 Å². The molecule has 0 bridgehead atoms. The minimum atomic E-state index is -1.11. The van der Waals surface area contributed by atoms with Crippen molar-refractivity contribution in [2.24, 2.45) is 0 Å². The Labute approximate surface area is 259 Å². The van der Waals surface area contributed by atoms with Gasteiger partial charge < -0.3 is 38.0 Å². The van der Waals surface area contributed by atoms with Gasteiger partial charge in [0.25, 0.3) is 0 Å². The second-order valence-corrected chi connectivity index (χ2v) is 18.8. The molecule has 8 nitrogen and oxygen atoms in total. The summed E-state index contributed by atoms with van der Waals surface area (Å²) >= 11 is 0. The molecule has 0 amide bonds. The van der Waals surface area contributed by atoms with Gasteiger partial charge in [0.05, 0.1) is 59.5 Å². The molecule has 32 heavy (non-hydrogen) atoms. The number of hydrogen-bond donors (Lipinski definition) is 1. The second kappa shape index (κ2) is 26.2. The molecule has 0 saturated heterocycles. The van der Waals surface area contributed by atoms with E-state index >= 15 is 0 Å². The number of quaternary nitrogens is 1. The third-order valence-electron chi connectivity index (χ3n) is 3.77. The van der Waals surface area contributed by atoms with Crippen LogP contribution in [0.3, 0.4) is 0 Å². The van der Waals surface area contributed by atoms with Crippen molar-refractivity contribution < 1.29 is 102 Å². The monoisotopic (exact) mass is 617 g/mol. The van der Waals surface area contributed by atoms with Gasteiger partial charge in [0.2, 0.25) is 0 Å². The summed E-state index contributed by atoms with van der Waals surface area (Å²) in [4.78, 5) is 1.41. The maximum Gasteiger partial charge on any atom is 1.00 e. The van der Waals surface area contributed by atoms with Gasteiger partial charge >= 0.3 is 68.9 Å². The predicted molar refractivity (Wildman–Crippen MR) is 134 cm³/mol. The summed E-state index contributed by atoms with van der Waals surface area (Å²) in [6.07, 6.45) is 0. The van der Waals surface area contributed by atoms with Gasteiger partial charge in [0.1, 0.15) is 19.6 Å². The van der Waals surface area contributed by atoms with Gasteiger partial charge in [-0.05, 0) is 0 Å². The van der Waals surface area contributed by atoms with E-state index in [4.69, 9.17) is 33.1 Å². The normalized spacial score (nSPS) is 11.8. The first kappa shape index (κ1) is 38.7. The smallest absolute Gasteiger partial charge is 0.668 e. The third kappa shape index (κ3) is 36.7. The van der Waals surface area contributed by atoms with Crippen molar-refractivity contribution in [3.63, 3.8) is 0 Å². The van der Waals surface area contributed by atoms with Crippen LogP contribution in [0.15, 0.2) is 0 Å². The minimum absolute atomic E-state index is 0. The summed E-state index contributed by atoms with van der Waals surface area (Å²) in [5.41, 5.74) is 0. The topological polar surface area (TPSA) is 73.9 Å². The molecule has 0 rings (SSSR count). The van der Waals surface area contributed by atoms with E-state index in [0.717, 1.165) is 39.5 Å². The van der Waals surface area contributed by atoms with Crippen molar-refractivity contribution in [2.75, 3.05) is 100 Å². The van der Waals surface area contributed by atoms with Gasteiger partial charge in [-0.25, -0.2) is 0 Å². The Morgan fingerprint density at radius 1 is 0.500 bits per heavy atom. The van der Waals surface area contributed by atoms with Crippen LogP contribution in [0.4, 0.5) is 0 Å². The first-order chi connectivity index (χ1) is 14.6. The Kier molecular flexibility index (Phi) is 31.7. The summed E-state index contributed by atoms with van der Waals surface area (Å²) < 4.78 is 36.3. The molecule has 0 aromatic heterocycles. The molecule has 0 fully saturated rings. The summed E-state index contributed by atoms with van der Waals surface area (Å²) in [7, 11) is 2.82. The van der Waals surface area contributed by atoms with E-state index in [1.165, 1.54) is 4.90 Å². The average Bonchev–Trinajstić information content (AvgIpc) is 2.64. The maximum atomic E-state index is 5.53. The van der Waals surface area contributed by atoms with E-state index in [0.29, 0.717) is 39.6 Å². The molecular formula is C21H52CsN2O6Si2+. The van der Waals surface area contributed by atoms with E-state index in [1.54, 1.807) is 21.3 Å². The standard InChI is InChI=1S/C15H33NO6.C6H18NSi2.Cs/c1-17-10-13-20-7-4-16(5-8-21-14-11-18-2)6-9-22-15-12-19-3;1-8(2,3)7-9(4,5)6;/h4-15H2,1-3H3;1-6H3;/q;-1;+1/p+1. The van der Waals surface area contributed by atoms with Gasteiger partial charge in [-0.2, -0.15) is 0 Å². The fourth-order valence-electron chi connectivity index (χ4n) is 2.76. The largest absolute Gasteiger partial charge is 1.00 e. The van der Waals surface area contributed by atoms with Crippen LogP contribution in [0.25, 0.3) is 4.65 Å². The van der Waals surface area contributed by atoms with E-state index in [1.807, 2.05) is 0 Å². The summed E-state index contributed by atoms with van der Waals surface area (Å²) in [6, 6.07) is 0. The Morgan fingerprint density at radius 3 is 0.969 bits per heavy atom. The van der Waals surface area contributed by atoms with Crippen LogP contribution >= 0.6 is 0 Å². The molecule has 0 heterocycles. The molecule has 0 atom stereocenters. The van der Waals surface area contributed by atoms with Gasteiger partial charge in [-0.15, -0.1) is 0 Å². The first-order valence-corrected chi connectivity index (χ1v) is 18.2. The summed E-state index contributed by atoms with van der Waals surface area (Å²) in [6.45, 7) is 22.6. The van der Waals surface area contributed by atoms with Gasteiger partial charge in [-0.1, -0.05) is 55.8 Å². The summed E-state index contributed by atoms with van der Waals surface area (Å²) in [5, 5.41) is 0. The average molecular weight is 618 g/mol. The Bertz CT molecular complexity index is 330. The molecule has 0 aliphatic carbocycles. The predicted octanol–water partition coefficient (Wildman–Crippen LogP) is -1.11. The van der Waals surface area contributed by atoms with Crippen LogP contribution in [0.2, 0.25) is 39.3 Å². The van der Waals surface area contributed by atoms with Gasteiger partial charge in [-0.3, -0.25) is 0 Å². The number of hydrogen-bond acceptors (Lipinski definition) is 6. The van der Waals surface area contributed by atoms with Crippen LogP contribution in [0.1, 0.15) is 0 Å². The molecule has 190 valence electrons. The number of rotatable bonds is 20. The fourth-order valence-corrected chi connectivity index (χ4v) is 10.8. The first-order valence-electron chi connectivity index (χ1n) is 11.3. The molecule has 0 unspecified atom stereocenters. The number of nitrogens with zero attached hydrogens (tertiary/aromatic N) is 1. The van der Waals surface area contributed by atoms with E-state index in [2.05, 4.69) is 39.3 Å². The fraction of sp³-hybridized carbons (Fsp3) is 1.00. The number of nitrogens with one attached hydrogen (secondary N) is 1. The van der Waals surface area contributed by atoms with Gasteiger partial charge in [0.15, 0.2) is 0 Å². The SMILES string of the molecule is COCCOCC[NH+](CCOCCOC)CCOCCOC.C[Si](C)(C)[N-][Si](C)(C)C.[Cs+]. The molecule has 0 aromatic carbocycles. The molecular weight excluding hydrogens is 565 g/mol. The number of methoxy groups -OCH3 is 3. The number of ether oxygens (including phenoxy) is 6. The van der Waals surface area contributed by atoms with E-state index in [-0.39, 0.29) is 68.9 Å². The second-order valence-electron chi connectivity index (χ2n) is 9.27. The molecule has 0 saturated carbocycles. The van der Waals surface area contributed by atoms with Crippen molar-refractivity contribution in [3.8, 4) is 0 Å². The molecule has 0 radical (unpaired) electrons. The molecule has 1 N–H and O–H groups in total. The van der Waals surface area contributed by atoms with Crippen LogP contribution in [0, 0.1) is 0 Å². The molecule has 11 heteroatoms. The van der Waals surface area contributed by atoms with Crippen molar-refractivity contribution >= 4 is 16.5 Å². The van der Waals surface area contributed by atoms with Crippen molar-refractivity contribution in [1.29, 1.82) is 0 Å². The van der Waals surface area contributed by atoms with E-state index in [9.17, 15) is 0 Å². The summed E-state index contributed by atoms with van der Waals surface area (Å²) in [5.74, 6) is 0. The third-order valence-corrected chi connectivity index (χ3v) is 9.13. The van der Waals surface area contributed by atoms with Crippen molar-refractivity contribution in [1.82, 2.24) is 0 Å². The zero-order valence-electron chi connectivity index (χ0n) is 22.9. The van der Waals surface area contributed by atoms with E-state index < -0.39 is 16.5 Å². The van der Waals surface area contributed by atoms with Gasteiger partial charge in [0, 0.05) is 21.3 Å². The van der Waals surface area contributed by atoms with Crippen LogP contribution < -0.4 is 73.8 Å². The van der Waals surface area contributed by atoms with Crippen molar-refractivity contribution in [3.05, 3.63) is 4.65 Å². The quantitative estimate of drug-likeness (QED) is 0.138. The minimum Gasteiger partial charge on any atom is -0.668 e. The molecule has 0 spiro atoms.